The molecule has 7 nitrogen and oxygen atoms in total. The maximum atomic E-state index is 12.5. The first kappa shape index (κ1) is 27.2. The number of hydrogen-bond donors (Lipinski definition) is 2. The number of carbonyl (C=O) groups excluding carboxylic acids is 1. The minimum Gasteiger partial charge on any atom is -0.387 e. The van der Waals surface area contributed by atoms with Gasteiger partial charge in [0.1, 0.15) is 0 Å². The lowest BCUT2D eigenvalue weighted by Crippen LogP contribution is -2.38. The predicted octanol–water partition coefficient (Wildman–Crippen LogP) is 5.39. The smallest absolute Gasteiger partial charge is 0.244 e. The second kappa shape index (κ2) is 11.0. The molecule has 0 bridgehead atoms. The average molecular weight is 563 g/mol. The highest BCUT2D eigenvalue weighted by atomic mass is 32.2. The summed E-state index contributed by atoms with van der Waals surface area (Å²) in [6, 6.07) is 25.7. The predicted molar refractivity (Wildman–Crippen MR) is 154 cm³/mol. The van der Waals surface area contributed by atoms with Crippen LogP contribution in [0.2, 0.25) is 0 Å². The van der Waals surface area contributed by atoms with Crippen LogP contribution in [0.3, 0.4) is 0 Å². The minimum atomic E-state index is -3.60. The first-order chi connectivity index (χ1) is 18.7. The van der Waals surface area contributed by atoms with Gasteiger partial charge in [-0.15, -0.1) is 0 Å². The summed E-state index contributed by atoms with van der Waals surface area (Å²) in [5.74, 6) is 1.43. The van der Waals surface area contributed by atoms with E-state index < -0.39 is 27.4 Å². The number of sulfonamides is 1. The summed E-state index contributed by atoms with van der Waals surface area (Å²) in [4.78, 5) is 12.5. The van der Waals surface area contributed by atoms with Crippen LogP contribution in [-0.2, 0) is 26.0 Å². The SMILES string of the molecule is Cc1noc(-c2ccc(-c3ccc(C4(C(=O)NS(C)(=O)=O)CC4)cc3)cc2)c1[C@@H](O)CSCc1ccccc1. The van der Waals surface area contributed by atoms with Gasteiger partial charge in [-0.25, -0.2) is 8.42 Å². The first-order valence-electron chi connectivity index (χ1n) is 12.7. The number of aromatic nitrogens is 1. The molecule has 3 aromatic carbocycles. The highest BCUT2D eigenvalue weighted by molar-refractivity contribution is 7.98. The second-order valence-corrected chi connectivity index (χ2v) is 12.7. The molecule has 1 atom stereocenters. The molecule has 2 N–H and O–H groups in total. The molecule has 9 heteroatoms. The topological polar surface area (TPSA) is 110 Å². The average Bonchev–Trinajstić information content (AvgIpc) is 3.65. The number of aliphatic hydroxyl groups excluding tert-OH is 1. The molecule has 1 amide bonds. The Balaban J connectivity index is 1.28. The number of aryl methyl sites for hydroxylation is 1. The quantitative estimate of drug-likeness (QED) is 0.267. The summed E-state index contributed by atoms with van der Waals surface area (Å²) in [6.07, 6.45) is 1.53. The molecule has 1 fully saturated rings. The molecular formula is C30H30N2O5S2. The van der Waals surface area contributed by atoms with E-state index in [1.165, 1.54) is 5.56 Å². The summed E-state index contributed by atoms with van der Waals surface area (Å²) in [6.45, 7) is 1.84. The van der Waals surface area contributed by atoms with E-state index in [0.29, 0.717) is 35.6 Å². The fraction of sp³-hybridized carbons (Fsp3) is 0.267. The zero-order chi connectivity index (χ0) is 27.6. The number of rotatable bonds is 10. The number of amides is 1. The Hall–Kier alpha value is -3.40. The van der Waals surface area contributed by atoms with E-state index in [0.717, 1.165) is 34.3 Å². The zero-order valence-corrected chi connectivity index (χ0v) is 23.4. The van der Waals surface area contributed by atoms with Crippen LogP contribution in [0.4, 0.5) is 0 Å². The molecule has 202 valence electrons. The van der Waals surface area contributed by atoms with Crippen molar-refractivity contribution in [3.8, 4) is 22.5 Å². The molecule has 0 radical (unpaired) electrons. The third-order valence-electron chi connectivity index (χ3n) is 7.01. The van der Waals surface area contributed by atoms with Crippen LogP contribution in [0.25, 0.3) is 22.5 Å². The third kappa shape index (κ3) is 6.11. The van der Waals surface area contributed by atoms with Crippen molar-refractivity contribution < 1.29 is 22.8 Å². The van der Waals surface area contributed by atoms with Gasteiger partial charge in [-0.3, -0.25) is 9.52 Å². The third-order valence-corrected chi connectivity index (χ3v) is 8.65. The van der Waals surface area contributed by atoms with Gasteiger partial charge in [-0.1, -0.05) is 84.0 Å². The van der Waals surface area contributed by atoms with Crippen molar-refractivity contribution in [2.45, 2.75) is 37.0 Å². The highest BCUT2D eigenvalue weighted by Gasteiger charge is 2.52. The Morgan fingerprint density at radius 3 is 2.18 bits per heavy atom. The van der Waals surface area contributed by atoms with Gasteiger partial charge in [0.15, 0.2) is 5.76 Å². The van der Waals surface area contributed by atoms with E-state index >= 15 is 0 Å². The van der Waals surface area contributed by atoms with Crippen LogP contribution in [-0.4, -0.2) is 36.6 Å². The van der Waals surface area contributed by atoms with Crippen molar-refractivity contribution in [3.05, 3.63) is 101 Å². The standard InChI is InChI=1S/C30H30N2O5S2/c1-20-27(26(33)19-38-18-21-6-4-3-5-7-21)28(37-31-20)24-10-8-22(9-11-24)23-12-14-25(15-13-23)30(16-17-30)29(34)32-39(2,35)36/h3-15,26,33H,16-19H2,1-2H3,(H,32,34)/t26-/m0/s1. The second-order valence-electron chi connectivity index (χ2n) is 9.97. The van der Waals surface area contributed by atoms with Crippen molar-refractivity contribution >= 4 is 27.7 Å². The monoisotopic (exact) mass is 562 g/mol. The number of hydrogen-bond acceptors (Lipinski definition) is 7. The maximum absolute atomic E-state index is 12.5. The molecule has 1 aromatic heterocycles. The summed E-state index contributed by atoms with van der Waals surface area (Å²) in [5, 5.41) is 15.1. The molecule has 0 unspecified atom stereocenters. The Morgan fingerprint density at radius 1 is 1.00 bits per heavy atom. The molecule has 4 aromatic rings. The van der Waals surface area contributed by atoms with Crippen LogP contribution in [0.5, 0.6) is 0 Å². The summed E-state index contributed by atoms with van der Waals surface area (Å²) in [7, 11) is -3.60. The van der Waals surface area contributed by atoms with Crippen molar-refractivity contribution in [1.82, 2.24) is 9.88 Å². The minimum absolute atomic E-state index is 0.471. The van der Waals surface area contributed by atoms with Gasteiger partial charge < -0.3 is 9.63 Å². The van der Waals surface area contributed by atoms with E-state index in [2.05, 4.69) is 22.0 Å². The lowest BCUT2D eigenvalue weighted by molar-refractivity contribution is -0.121. The van der Waals surface area contributed by atoms with Crippen molar-refractivity contribution in [1.29, 1.82) is 0 Å². The Bertz CT molecular complexity index is 1560. The molecule has 39 heavy (non-hydrogen) atoms. The molecule has 0 saturated heterocycles. The normalized spacial score (nSPS) is 15.1. The van der Waals surface area contributed by atoms with Crippen LogP contribution in [0, 0.1) is 6.92 Å². The number of nitrogens with zero attached hydrogens (tertiary/aromatic N) is 1. The fourth-order valence-corrected chi connectivity index (χ4v) is 6.23. The molecule has 1 heterocycles. The van der Waals surface area contributed by atoms with Gasteiger partial charge in [0.25, 0.3) is 0 Å². The molecule has 1 aliphatic rings. The molecule has 0 spiro atoms. The maximum Gasteiger partial charge on any atom is 0.244 e. The number of thioether (sulfide) groups is 1. The fourth-order valence-electron chi connectivity index (χ4n) is 4.76. The van der Waals surface area contributed by atoms with Gasteiger partial charge in [0.05, 0.1) is 29.0 Å². The van der Waals surface area contributed by atoms with Crippen molar-refractivity contribution in [2.24, 2.45) is 0 Å². The van der Waals surface area contributed by atoms with E-state index in [-0.39, 0.29) is 0 Å². The largest absolute Gasteiger partial charge is 0.387 e. The van der Waals surface area contributed by atoms with Crippen LogP contribution in [0.15, 0.2) is 83.4 Å². The summed E-state index contributed by atoms with van der Waals surface area (Å²) >= 11 is 1.66. The van der Waals surface area contributed by atoms with Crippen molar-refractivity contribution in [3.63, 3.8) is 0 Å². The Labute approximate surface area is 232 Å². The first-order valence-corrected chi connectivity index (χ1v) is 15.7. The summed E-state index contributed by atoms with van der Waals surface area (Å²) in [5.41, 5.74) is 5.40. The van der Waals surface area contributed by atoms with E-state index in [4.69, 9.17) is 4.52 Å². The van der Waals surface area contributed by atoms with Crippen LogP contribution in [0.1, 0.15) is 41.3 Å². The van der Waals surface area contributed by atoms with E-state index in [1.54, 1.807) is 11.8 Å². The molecule has 5 rings (SSSR count). The van der Waals surface area contributed by atoms with Gasteiger partial charge in [0, 0.05) is 17.1 Å². The lowest BCUT2D eigenvalue weighted by Gasteiger charge is -2.15. The molecule has 1 aliphatic carbocycles. The zero-order valence-electron chi connectivity index (χ0n) is 21.8. The van der Waals surface area contributed by atoms with Crippen LogP contribution < -0.4 is 4.72 Å². The van der Waals surface area contributed by atoms with Crippen LogP contribution >= 0.6 is 11.8 Å². The van der Waals surface area contributed by atoms with Crippen molar-refractivity contribution in [2.75, 3.05) is 12.0 Å². The number of carbonyl (C=O) groups is 1. The molecule has 0 aliphatic heterocycles. The molecular weight excluding hydrogens is 532 g/mol. The van der Waals surface area contributed by atoms with E-state index in [1.807, 2.05) is 73.7 Å². The van der Waals surface area contributed by atoms with Gasteiger partial charge in [-0.05, 0) is 42.0 Å². The summed E-state index contributed by atoms with van der Waals surface area (Å²) < 4.78 is 30.8. The van der Waals surface area contributed by atoms with E-state index in [9.17, 15) is 18.3 Å². The highest BCUT2D eigenvalue weighted by Crippen LogP contribution is 2.48. The Morgan fingerprint density at radius 2 is 1.59 bits per heavy atom. The number of aliphatic hydroxyl groups is 1. The number of nitrogens with one attached hydrogen (secondary N) is 1. The van der Waals surface area contributed by atoms with Gasteiger partial charge in [0.2, 0.25) is 15.9 Å². The van der Waals surface area contributed by atoms with Gasteiger partial charge >= 0.3 is 0 Å². The van der Waals surface area contributed by atoms with Gasteiger partial charge in [-0.2, -0.15) is 11.8 Å². The Kier molecular flexibility index (Phi) is 7.66. The lowest BCUT2D eigenvalue weighted by atomic mass is 9.93. The molecule has 1 saturated carbocycles. The number of benzene rings is 3.